The van der Waals surface area contributed by atoms with Crippen molar-refractivity contribution in [3.63, 3.8) is 0 Å². The molecule has 0 fully saturated rings. The molecule has 0 radical (unpaired) electrons. The van der Waals surface area contributed by atoms with E-state index in [0.717, 1.165) is 11.1 Å². The molecule has 9 heteroatoms. The molecule has 0 N–H and O–H groups in total. The third-order valence-electron chi connectivity index (χ3n) is 6.73. The van der Waals surface area contributed by atoms with E-state index in [2.05, 4.69) is 0 Å². The first kappa shape index (κ1) is 30.9. The van der Waals surface area contributed by atoms with Gasteiger partial charge in [-0.2, -0.15) is 0 Å². The average molecular weight is 609 g/mol. The largest absolute Gasteiger partial charge is 0.491 e. The lowest BCUT2D eigenvalue weighted by Crippen LogP contribution is -2.36. The molecule has 4 aromatic carbocycles. The van der Waals surface area contributed by atoms with Crippen molar-refractivity contribution in [3.8, 4) is 28.7 Å². The predicted molar refractivity (Wildman–Crippen MR) is 165 cm³/mol. The zero-order valence-corrected chi connectivity index (χ0v) is 25.5. The van der Waals surface area contributed by atoms with E-state index in [4.69, 9.17) is 28.4 Å². The van der Waals surface area contributed by atoms with Crippen LogP contribution in [-0.2, 0) is 24.9 Å². The van der Waals surface area contributed by atoms with Gasteiger partial charge in [0.2, 0.25) is 5.76 Å². The van der Waals surface area contributed by atoms with Crippen LogP contribution in [0.4, 0.5) is 0 Å². The molecular formula is C36H32O9. The first-order chi connectivity index (χ1) is 21.6. The van der Waals surface area contributed by atoms with Crippen molar-refractivity contribution in [2.75, 3.05) is 0 Å². The summed E-state index contributed by atoms with van der Waals surface area (Å²) in [6, 6.07) is 27.2. The lowest BCUT2D eigenvalue weighted by atomic mass is 9.97. The van der Waals surface area contributed by atoms with Gasteiger partial charge in [0.25, 0.3) is 0 Å². The molecule has 0 amide bonds. The van der Waals surface area contributed by atoms with E-state index in [1.807, 2.05) is 74.5 Å². The van der Waals surface area contributed by atoms with E-state index in [1.54, 1.807) is 37.3 Å². The van der Waals surface area contributed by atoms with E-state index in [-0.39, 0.29) is 29.1 Å². The second-order valence-corrected chi connectivity index (χ2v) is 10.5. The fraction of sp³-hybridized carbons (Fsp3) is 0.194. The molecule has 230 valence electrons. The van der Waals surface area contributed by atoms with Crippen LogP contribution in [0.1, 0.15) is 49.9 Å². The van der Waals surface area contributed by atoms with E-state index in [0.29, 0.717) is 34.7 Å². The van der Waals surface area contributed by atoms with Gasteiger partial charge in [-0.1, -0.05) is 60.7 Å². The molecule has 0 unspecified atom stereocenters. The number of aldehydes is 1. The highest BCUT2D eigenvalue weighted by molar-refractivity contribution is 5.88. The number of carbonyl (C=O) groups is 3. The van der Waals surface area contributed by atoms with E-state index < -0.39 is 17.7 Å². The van der Waals surface area contributed by atoms with E-state index in [9.17, 15) is 14.4 Å². The minimum absolute atomic E-state index is 0.0814. The van der Waals surface area contributed by atoms with Gasteiger partial charge < -0.3 is 28.4 Å². The molecule has 9 nitrogen and oxygen atoms in total. The Labute approximate surface area is 260 Å². The number of carbonyl (C=O) groups excluding carboxylic acids is 3. The topological polar surface area (TPSA) is 107 Å². The summed E-state index contributed by atoms with van der Waals surface area (Å²) >= 11 is 0. The lowest BCUT2D eigenvalue weighted by Gasteiger charge is -2.28. The molecule has 0 saturated heterocycles. The summed E-state index contributed by atoms with van der Waals surface area (Å²) in [5.41, 5.74) is 2.33. The number of hydrogen-bond acceptors (Lipinski definition) is 9. The standard InChI is InChI=1S/C36H32O9/c1-22(2)40-29-19-31(41-24(4)38)23(3)32(20-29)43-35(34(21-37)42-25(5)39)26-16-17-30-33(18-26)45-36(44-30,27-12-8-6-9-13-27)28-14-10-7-11-15-28/h6-22H,1-5H3/b35-34+. The lowest BCUT2D eigenvalue weighted by molar-refractivity contribution is -0.138. The van der Waals surface area contributed by atoms with Gasteiger partial charge in [0.05, 0.1) is 6.10 Å². The van der Waals surface area contributed by atoms with E-state index in [1.165, 1.54) is 13.8 Å². The molecule has 5 rings (SSSR count). The summed E-state index contributed by atoms with van der Waals surface area (Å²) in [6.07, 6.45) is 0.187. The maximum atomic E-state index is 12.3. The Kier molecular flexibility index (Phi) is 8.90. The molecule has 1 heterocycles. The fourth-order valence-electron chi connectivity index (χ4n) is 4.85. The fourth-order valence-corrected chi connectivity index (χ4v) is 4.85. The van der Waals surface area contributed by atoms with Gasteiger partial charge in [-0.3, -0.25) is 14.4 Å². The van der Waals surface area contributed by atoms with Crippen LogP contribution in [0, 0.1) is 6.92 Å². The smallest absolute Gasteiger partial charge is 0.308 e. The number of esters is 2. The summed E-state index contributed by atoms with van der Waals surface area (Å²) in [5, 5.41) is 0. The number of allylic oxidation sites excluding steroid dienone is 1. The van der Waals surface area contributed by atoms with Crippen LogP contribution in [-0.4, -0.2) is 24.3 Å². The normalized spacial score (nSPS) is 13.5. The van der Waals surface area contributed by atoms with Crippen molar-refractivity contribution in [3.05, 3.63) is 119 Å². The maximum absolute atomic E-state index is 12.3. The third-order valence-corrected chi connectivity index (χ3v) is 6.73. The van der Waals surface area contributed by atoms with Gasteiger partial charge in [0.15, 0.2) is 23.5 Å². The van der Waals surface area contributed by atoms with Crippen LogP contribution < -0.4 is 23.7 Å². The number of benzene rings is 4. The molecule has 0 atom stereocenters. The monoisotopic (exact) mass is 608 g/mol. The van der Waals surface area contributed by atoms with Crippen LogP contribution in [0.3, 0.4) is 0 Å². The van der Waals surface area contributed by atoms with Crippen molar-refractivity contribution in [2.45, 2.75) is 46.5 Å². The predicted octanol–water partition coefficient (Wildman–Crippen LogP) is 6.89. The van der Waals surface area contributed by atoms with Gasteiger partial charge in [0, 0.05) is 48.2 Å². The number of fused-ring (bicyclic) bond motifs is 1. The van der Waals surface area contributed by atoms with Gasteiger partial charge in [-0.05, 0) is 39.0 Å². The van der Waals surface area contributed by atoms with Crippen molar-refractivity contribution < 1.29 is 42.8 Å². The Morgan fingerprint density at radius 3 is 1.87 bits per heavy atom. The van der Waals surface area contributed by atoms with Crippen molar-refractivity contribution >= 4 is 24.0 Å². The van der Waals surface area contributed by atoms with E-state index >= 15 is 0 Å². The second kappa shape index (κ2) is 13.0. The molecule has 4 aromatic rings. The van der Waals surface area contributed by atoms with Crippen LogP contribution in [0.5, 0.6) is 28.7 Å². The Balaban J connectivity index is 1.62. The summed E-state index contributed by atoms with van der Waals surface area (Å²) in [7, 11) is 0. The summed E-state index contributed by atoms with van der Waals surface area (Å²) in [6.45, 7) is 7.84. The van der Waals surface area contributed by atoms with Crippen LogP contribution in [0.15, 0.2) is 96.8 Å². The minimum Gasteiger partial charge on any atom is -0.491 e. The quantitative estimate of drug-likeness (QED) is 0.0625. The summed E-state index contributed by atoms with van der Waals surface area (Å²) < 4.78 is 35.9. The van der Waals surface area contributed by atoms with Crippen LogP contribution in [0.2, 0.25) is 0 Å². The first-order valence-corrected chi connectivity index (χ1v) is 14.3. The Bertz CT molecular complexity index is 1720. The second-order valence-electron chi connectivity index (χ2n) is 10.5. The summed E-state index contributed by atoms with van der Waals surface area (Å²) in [5.74, 6) is -1.41. The summed E-state index contributed by atoms with van der Waals surface area (Å²) in [4.78, 5) is 36.2. The molecule has 45 heavy (non-hydrogen) atoms. The molecular weight excluding hydrogens is 576 g/mol. The molecule has 1 aliphatic rings. The molecule has 0 saturated carbocycles. The SMILES string of the molecule is CC(=O)O/C(C=O)=C(/Oc1cc(OC(C)C)cc(OC(C)=O)c1C)c1ccc2c(c1)OC(c1ccccc1)(c1ccccc1)O2. The third kappa shape index (κ3) is 6.67. The number of rotatable bonds is 10. The van der Waals surface area contributed by atoms with Gasteiger partial charge in [-0.15, -0.1) is 0 Å². The highest BCUT2D eigenvalue weighted by atomic mass is 16.7. The Hall–Kier alpha value is -5.57. The number of ether oxygens (including phenoxy) is 6. The van der Waals surface area contributed by atoms with Gasteiger partial charge in [-0.25, -0.2) is 0 Å². The Morgan fingerprint density at radius 2 is 1.33 bits per heavy atom. The molecule has 0 spiro atoms. The van der Waals surface area contributed by atoms with Crippen LogP contribution >= 0.6 is 0 Å². The molecule has 0 aliphatic carbocycles. The maximum Gasteiger partial charge on any atom is 0.308 e. The van der Waals surface area contributed by atoms with Gasteiger partial charge >= 0.3 is 17.7 Å². The number of hydrogen-bond donors (Lipinski definition) is 0. The van der Waals surface area contributed by atoms with Gasteiger partial charge in [0.1, 0.15) is 17.2 Å². The zero-order valence-electron chi connectivity index (χ0n) is 25.5. The van der Waals surface area contributed by atoms with Crippen molar-refractivity contribution in [1.29, 1.82) is 0 Å². The average Bonchev–Trinajstić information content (AvgIpc) is 3.41. The molecule has 1 aliphatic heterocycles. The zero-order chi connectivity index (χ0) is 32.1. The molecule has 0 bridgehead atoms. The minimum atomic E-state index is -1.28. The highest BCUT2D eigenvalue weighted by Gasteiger charge is 2.45. The van der Waals surface area contributed by atoms with Crippen LogP contribution in [0.25, 0.3) is 5.76 Å². The highest BCUT2D eigenvalue weighted by Crippen LogP contribution is 2.49. The van der Waals surface area contributed by atoms with Crippen molar-refractivity contribution in [1.82, 2.24) is 0 Å². The Morgan fingerprint density at radius 1 is 0.756 bits per heavy atom. The molecule has 0 aromatic heterocycles. The first-order valence-electron chi connectivity index (χ1n) is 14.3. The van der Waals surface area contributed by atoms with Crippen molar-refractivity contribution in [2.24, 2.45) is 0 Å².